The number of primary amides is 1. The highest BCUT2D eigenvalue weighted by Crippen LogP contribution is 2.25. The van der Waals surface area contributed by atoms with Crippen molar-refractivity contribution in [2.45, 2.75) is 0 Å². The Morgan fingerprint density at radius 2 is 1.68 bits per heavy atom. The summed E-state index contributed by atoms with van der Waals surface area (Å²) < 4.78 is 0.577. The van der Waals surface area contributed by atoms with Gasteiger partial charge in [-0.25, -0.2) is 0 Å². The predicted octanol–water partition coefficient (Wildman–Crippen LogP) is 0.524. The first kappa shape index (κ1) is 15.0. The van der Waals surface area contributed by atoms with Crippen molar-refractivity contribution in [2.75, 3.05) is 18.0 Å². The van der Waals surface area contributed by atoms with Crippen LogP contribution in [0.2, 0.25) is 0 Å². The number of carboxylic acids is 2. The van der Waals surface area contributed by atoms with Gasteiger partial charge in [-0.05, 0) is 18.2 Å². The van der Waals surface area contributed by atoms with Gasteiger partial charge in [0.05, 0.1) is 11.3 Å². The molecule has 0 aliphatic rings. The number of benzene rings is 1. The van der Waals surface area contributed by atoms with Gasteiger partial charge >= 0.3 is 11.9 Å². The Hall–Kier alpha value is -2.09. The molecule has 0 fully saturated rings. The quantitative estimate of drug-likeness (QED) is 0.699. The number of nitrogens with zero attached hydrogens (tertiary/aromatic N) is 1. The molecule has 1 amide bonds. The average Bonchev–Trinajstić information content (AvgIpc) is 2.26. The van der Waals surface area contributed by atoms with Crippen LogP contribution in [-0.2, 0) is 9.59 Å². The van der Waals surface area contributed by atoms with Gasteiger partial charge in [-0.3, -0.25) is 14.4 Å². The van der Waals surface area contributed by atoms with E-state index >= 15 is 0 Å². The number of hydrogen-bond acceptors (Lipinski definition) is 4. The van der Waals surface area contributed by atoms with E-state index in [9.17, 15) is 14.4 Å². The Labute approximate surface area is 116 Å². The van der Waals surface area contributed by atoms with Gasteiger partial charge in [0.2, 0.25) is 0 Å². The SMILES string of the molecule is NC(=O)c1ccc(Br)cc1N(CC(=O)O)CC(=O)O. The van der Waals surface area contributed by atoms with E-state index in [0.717, 1.165) is 4.90 Å². The third-order valence-electron chi connectivity index (χ3n) is 2.22. The van der Waals surface area contributed by atoms with Crippen LogP contribution in [0.1, 0.15) is 10.4 Å². The molecule has 1 rings (SSSR count). The molecule has 0 aliphatic carbocycles. The zero-order valence-electron chi connectivity index (χ0n) is 9.67. The summed E-state index contributed by atoms with van der Waals surface area (Å²) in [6.07, 6.45) is 0. The van der Waals surface area contributed by atoms with Gasteiger partial charge in [0.25, 0.3) is 5.91 Å². The molecule has 0 heterocycles. The van der Waals surface area contributed by atoms with Crippen molar-refractivity contribution < 1.29 is 24.6 Å². The molecule has 0 aliphatic heterocycles. The lowest BCUT2D eigenvalue weighted by atomic mass is 10.1. The molecule has 0 saturated carbocycles. The molecule has 102 valence electrons. The summed E-state index contributed by atoms with van der Waals surface area (Å²) in [5, 5.41) is 17.6. The Kier molecular flexibility index (Phi) is 4.87. The molecule has 0 spiro atoms. The summed E-state index contributed by atoms with van der Waals surface area (Å²) in [5.41, 5.74) is 5.41. The van der Waals surface area contributed by atoms with E-state index in [2.05, 4.69) is 15.9 Å². The maximum absolute atomic E-state index is 11.3. The van der Waals surface area contributed by atoms with E-state index in [0.29, 0.717) is 4.47 Å². The van der Waals surface area contributed by atoms with E-state index in [1.165, 1.54) is 12.1 Å². The molecule has 8 heteroatoms. The summed E-state index contributed by atoms with van der Waals surface area (Å²) in [5.74, 6) is -3.18. The Balaban J connectivity index is 3.26. The number of amides is 1. The Morgan fingerprint density at radius 3 is 2.11 bits per heavy atom. The highest BCUT2D eigenvalue weighted by atomic mass is 79.9. The zero-order valence-corrected chi connectivity index (χ0v) is 11.3. The third kappa shape index (κ3) is 4.25. The van der Waals surface area contributed by atoms with Crippen LogP contribution in [0.3, 0.4) is 0 Å². The molecule has 1 aromatic rings. The number of hydrogen-bond donors (Lipinski definition) is 3. The van der Waals surface area contributed by atoms with E-state index in [4.69, 9.17) is 15.9 Å². The minimum absolute atomic E-state index is 0.0608. The van der Waals surface area contributed by atoms with Crippen molar-refractivity contribution in [3.8, 4) is 0 Å². The lowest BCUT2D eigenvalue weighted by Gasteiger charge is -2.23. The molecule has 0 saturated heterocycles. The fraction of sp³-hybridized carbons (Fsp3) is 0.182. The summed E-state index contributed by atoms with van der Waals surface area (Å²) >= 11 is 3.17. The monoisotopic (exact) mass is 330 g/mol. The predicted molar refractivity (Wildman–Crippen MR) is 70.1 cm³/mol. The van der Waals surface area contributed by atoms with Crippen LogP contribution >= 0.6 is 15.9 Å². The largest absolute Gasteiger partial charge is 0.480 e. The van der Waals surface area contributed by atoms with E-state index in [1.54, 1.807) is 6.07 Å². The number of nitrogens with two attached hydrogens (primary N) is 1. The highest BCUT2D eigenvalue weighted by Gasteiger charge is 2.19. The summed E-state index contributed by atoms with van der Waals surface area (Å²) in [4.78, 5) is 33.9. The maximum atomic E-state index is 11.3. The second-order valence-electron chi connectivity index (χ2n) is 3.67. The van der Waals surface area contributed by atoms with Gasteiger partial charge in [-0.15, -0.1) is 0 Å². The van der Waals surface area contributed by atoms with Crippen LogP contribution in [0, 0.1) is 0 Å². The minimum Gasteiger partial charge on any atom is -0.480 e. The molecule has 1 aromatic carbocycles. The van der Waals surface area contributed by atoms with E-state index in [-0.39, 0.29) is 11.3 Å². The van der Waals surface area contributed by atoms with Crippen molar-refractivity contribution >= 4 is 39.5 Å². The Morgan fingerprint density at radius 1 is 1.16 bits per heavy atom. The molecule has 0 aromatic heterocycles. The third-order valence-corrected chi connectivity index (χ3v) is 2.71. The van der Waals surface area contributed by atoms with Crippen molar-refractivity contribution in [1.82, 2.24) is 0 Å². The van der Waals surface area contributed by atoms with Crippen LogP contribution in [0.25, 0.3) is 0 Å². The summed E-state index contributed by atoms with van der Waals surface area (Å²) in [6, 6.07) is 4.41. The molecule has 0 radical (unpaired) electrons. The summed E-state index contributed by atoms with van der Waals surface area (Å²) in [6.45, 7) is -1.11. The number of anilines is 1. The van der Waals surface area contributed by atoms with Crippen LogP contribution in [0.4, 0.5) is 5.69 Å². The molecule has 0 atom stereocenters. The van der Waals surface area contributed by atoms with E-state index in [1.807, 2.05) is 0 Å². The van der Waals surface area contributed by atoms with Crippen LogP contribution in [-0.4, -0.2) is 41.1 Å². The lowest BCUT2D eigenvalue weighted by molar-refractivity contribution is -0.136. The van der Waals surface area contributed by atoms with Crippen molar-refractivity contribution in [3.63, 3.8) is 0 Å². The zero-order chi connectivity index (χ0) is 14.6. The number of carbonyl (C=O) groups is 3. The number of rotatable bonds is 6. The minimum atomic E-state index is -1.21. The second kappa shape index (κ2) is 6.19. The normalized spacial score (nSPS) is 9.95. The molecular weight excluding hydrogens is 320 g/mol. The first-order valence-corrected chi connectivity index (χ1v) is 5.88. The Bertz CT molecular complexity index is 516. The standard InChI is InChI=1S/C11H11BrN2O5/c12-6-1-2-7(11(13)19)8(3-6)14(4-9(15)16)5-10(17)18/h1-3H,4-5H2,(H2,13,19)(H,15,16)(H,17,18). The average molecular weight is 331 g/mol. The lowest BCUT2D eigenvalue weighted by Crippen LogP contribution is -2.36. The number of halogens is 1. The van der Waals surface area contributed by atoms with Gasteiger partial charge < -0.3 is 20.8 Å². The smallest absolute Gasteiger partial charge is 0.323 e. The van der Waals surface area contributed by atoms with Crippen LogP contribution in [0.5, 0.6) is 0 Å². The van der Waals surface area contributed by atoms with Crippen LogP contribution in [0.15, 0.2) is 22.7 Å². The number of carboxylic acid groups (broad SMARTS) is 2. The van der Waals surface area contributed by atoms with Gasteiger partial charge in [-0.2, -0.15) is 0 Å². The topological polar surface area (TPSA) is 121 Å². The molecule has 0 unspecified atom stereocenters. The fourth-order valence-electron chi connectivity index (χ4n) is 1.53. The molecule has 7 nitrogen and oxygen atoms in total. The highest BCUT2D eigenvalue weighted by molar-refractivity contribution is 9.10. The number of aliphatic carboxylic acids is 2. The van der Waals surface area contributed by atoms with Gasteiger partial charge in [0, 0.05) is 4.47 Å². The molecule has 19 heavy (non-hydrogen) atoms. The molecular formula is C11H11BrN2O5. The van der Waals surface area contributed by atoms with Crippen molar-refractivity contribution in [3.05, 3.63) is 28.2 Å². The molecule has 0 bridgehead atoms. The fourth-order valence-corrected chi connectivity index (χ4v) is 1.88. The maximum Gasteiger partial charge on any atom is 0.323 e. The molecule has 4 N–H and O–H groups in total. The van der Waals surface area contributed by atoms with E-state index < -0.39 is 30.9 Å². The van der Waals surface area contributed by atoms with Crippen LogP contribution < -0.4 is 10.6 Å². The first-order valence-electron chi connectivity index (χ1n) is 5.09. The van der Waals surface area contributed by atoms with Crippen molar-refractivity contribution in [1.29, 1.82) is 0 Å². The second-order valence-corrected chi connectivity index (χ2v) is 4.58. The summed E-state index contributed by atoms with van der Waals surface area (Å²) in [7, 11) is 0. The van der Waals surface area contributed by atoms with Crippen molar-refractivity contribution in [2.24, 2.45) is 5.73 Å². The number of carbonyl (C=O) groups excluding carboxylic acids is 1. The van der Waals surface area contributed by atoms with Gasteiger partial charge in [0.15, 0.2) is 0 Å². The first-order chi connectivity index (χ1) is 8.81. The van der Waals surface area contributed by atoms with Gasteiger partial charge in [-0.1, -0.05) is 15.9 Å². The van der Waals surface area contributed by atoms with Gasteiger partial charge in [0.1, 0.15) is 13.1 Å².